The van der Waals surface area contributed by atoms with Crippen LogP contribution in [0.3, 0.4) is 0 Å². The molecule has 7 heteroatoms. The number of rotatable bonds is 2. The lowest BCUT2D eigenvalue weighted by Gasteiger charge is -2.32. The molecule has 5 amide bonds. The molecule has 2 heterocycles. The normalized spacial score (nSPS) is 18.1. The average Bonchev–Trinajstić information content (AvgIpc) is 2.71. The van der Waals surface area contributed by atoms with E-state index >= 15 is 0 Å². The van der Waals surface area contributed by atoms with Gasteiger partial charge in [-0.1, -0.05) is 19.9 Å². The third-order valence-corrected chi connectivity index (χ3v) is 3.83. The van der Waals surface area contributed by atoms with E-state index in [4.69, 9.17) is 0 Å². The van der Waals surface area contributed by atoms with Gasteiger partial charge in [-0.15, -0.1) is 0 Å². The second-order valence-corrected chi connectivity index (χ2v) is 5.61. The first-order valence-electron chi connectivity index (χ1n) is 7.04. The van der Waals surface area contributed by atoms with Crippen LogP contribution >= 0.6 is 0 Å². The van der Waals surface area contributed by atoms with E-state index in [1.807, 2.05) is 13.8 Å². The predicted molar refractivity (Wildman–Crippen MR) is 75.9 cm³/mol. The summed E-state index contributed by atoms with van der Waals surface area (Å²) in [4.78, 5) is 48.0. The molecule has 0 saturated carbocycles. The molecular formula is C15H15N3O4. The minimum atomic E-state index is -0.755. The molecule has 1 aromatic rings. The van der Waals surface area contributed by atoms with Gasteiger partial charge in [-0.3, -0.25) is 19.7 Å². The zero-order chi connectivity index (χ0) is 16.0. The maximum atomic E-state index is 12.5. The highest BCUT2D eigenvalue weighted by atomic mass is 16.2. The van der Waals surface area contributed by atoms with Crippen molar-refractivity contribution in [2.45, 2.75) is 26.2 Å². The lowest BCUT2D eigenvalue weighted by atomic mass is 9.98. The number of urea groups is 1. The van der Waals surface area contributed by atoms with Crippen LogP contribution in [-0.2, 0) is 4.79 Å². The Morgan fingerprint density at radius 3 is 2.36 bits per heavy atom. The number of nitrogens with one attached hydrogen (secondary N) is 1. The van der Waals surface area contributed by atoms with E-state index in [1.165, 1.54) is 0 Å². The van der Waals surface area contributed by atoms with Gasteiger partial charge < -0.3 is 0 Å². The second kappa shape index (κ2) is 4.94. The van der Waals surface area contributed by atoms with E-state index in [-0.39, 0.29) is 24.4 Å². The van der Waals surface area contributed by atoms with Crippen molar-refractivity contribution in [2.24, 2.45) is 0 Å². The van der Waals surface area contributed by atoms with Crippen molar-refractivity contribution >= 4 is 23.8 Å². The van der Waals surface area contributed by atoms with E-state index in [9.17, 15) is 19.2 Å². The molecule has 1 N–H and O–H groups in total. The average molecular weight is 301 g/mol. The SMILES string of the molecule is CC(C)c1ccc2c(c1)C(=O)N(N1CCC(=O)NC1=O)C2=O. The summed E-state index contributed by atoms with van der Waals surface area (Å²) < 4.78 is 0. The second-order valence-electron chi connectivity index (χ2n) is 5.61. The van der Waals surface area contributed by atoms with Crippen LogP contribution < -0.4 is 5.32 Å². The zero-order valence-corrected chi connectivity index (χ0v) is 12.3. The van der Waals surface area contributed by atoms with Gasteiger partial charge in [0.1, 0.15) is 0 Å². The van der Waals surface area contributed by atoms with E-state index in [0.717, 1.165) is 15.6 Å². The fourth-order valence-corrected chi connectivity index (χ4v) is 2.57. The molecule has 1 aromatic carbocycles. The molecule has 114 valence electrons. The third-order valence-electron chi connectivity index (χ3n) is 3.83. The van der Waals surface area contributed by atoms with Gasteiger partial charge in [0.2, 0.25) is 5.91 Å². The number of hydrogen-bond acceptors (Lipinski definition) is 4. The summed E-state index contributed by atoms with van der Waals surface area (Å²) in [5.41, 5.74) is 1.51. The number of benzene rings is 1. The maximum Gasteiger partial charge on any atom is 0.343 e. The number of amides is 5. The molecule has 0 atom stereocenters. The number of nitrogens with zero attached hydrogens (tertiary/aromatic N) is 2. The van der Waals surface area contributed by atoms with Crippen LogP contribution in [0.15, 0.2) is 18.2 Å². The Labute approximate surface area is 126 Å². The number of hydrazine groups is 1. The molecule has 1 fully saturated rings. The van der Waals surface area contributed by atoms with Gasteiger partial charge >= 0.3 is 6.03 Å². The van der Waals surface area contributed by atoms with Crippen molar-refractivity contribution in [3.05, 3.63) is 34.9 Å². The fraction of sp³-hybridized carbons (Fsp3) is 0.333. The van der Waals surface area contributed by atoms with Gasteiger partial charge in [0.25, 0.3) is 11.8 Å². The number of carbonyl (C=O) groups is 4. The molecule has 1 saturated heterocycles. The monoisotopic (exact) mass is 301 g/mol. The fourth-order valence-electron chi connectivity index (χ4n) is 2.57. The van der Waals surface area contributed by atoms with Crippen molar-refractivity contribution in [1.29, 1.82) is 0 Å². The van der Waals surface area contributed by atoms with Gasteiger partial charge in [0.15, 0.2) is 0 Å². The van der Waals surface area contributed by atoms with Gasteiger partial charge in [0.05, 0.1) is 17.7 Å². The van der Waals surface area contributed by atoms with Gasteiger partial charge in [0, 0.05) is 6.42 Å². The summed E-state index contributed by atoms with van der Waals surface area (Å²) in [6, 6.07) is 4.35. The highest BCUT2D eigenvalue weighted by Crippen LogP contribution is 2.28. The molecule has 0 aromatic heterocycles. The van der Waals surface area contributed by atoms with Crippen molar-refractivity contribution in [2.75, 3.05) is 6.54 Å². The van der Waals surface area contributed by atoms with Crippen molar-refractivity contribution in [3.8, 4) is 0 Å². The summed E-state index contributed by atoms with van der Waals surface area (Å²) in [5, 5.41) is 3.91. The Balaban J connectivity index is 1.96. The zero-order valence-electron chi connectivity index (χ0n) is 12.3. The molecule has 2 aliphatic rings. The lowest BCUT2D eigenvalue weighted by molar-refractivity contribution is -0.122. The van der Waals surface area contributed by atoms with Crippen molar-refractivity contribution < 1.29 is 19.2 Å². The molecule has 3 rings (SSSR count). The van der Waals surface area contributed by atoms with Crippen LogP contribution in [0.2, 0.25) is 0 Å². The van der Waals surface area contributed by atoms with Crippen LogP contribution in [0, 0.1) is 0 Å². The summed E-state index contributed by atoms with van der Waals surface area (Å²) >= 11 is 0. The lowest BCUT2D eigenvalue weighted by Crippen LogP contribution is -2.58. The minimum Gasteiger partial charge on any atom is -0.276 e. The predicted octanol–water partition coefficient (Wildman–Crippen LogP) is 1.26. The highest BCUT2D eigenvalue weighted by molar-refractivity contribution is 6.22. The molecule has 0 radical (unpaired) electrons. The van der Waals surface area contributed by atoms with Gasteiger partial charge in [-0.2, -0.15) is 5.01 Å². The van der Waals surface area contributed by atoms with E-state index in [1.54, 1.807) is 18.2 Å². The molecule has 2 aliphatic heterocycles. The maximum absolute atomic E-state index is 12.5. The molecular weight excluding hydrogens is 286 g/mol. The summed E-state index contributed by atoms with van der Waals surface area (Å²) in [6.07, 6.45) is 0.0520. The standard InChI is InChI=1S/C15H15N3O4/c1-8(2)9-3-4-10-11(7-9)14(21)18(13(10)20)17-6-5-12(19)16-15(17)22/h3-4,7-8H,5-6H2,1-2H3,(H,16,19,22). The first-order chi connectivity index (χ1) is 10.4. The van der Waals surface area contributed by atoms with Crippen LogP contribution in [0.4, 0.5) is 4.79 Å². The molecule has 22 heavy (non-hydrogen) atoms. The largest absolute Gasteiger partial charge is 0.343 e. The molecule has 0 unspecified atom stereocenters. The number of imide groups is 2. The molecule has 0 spiro atoms. The van der Waals surface area contributed by atoms with Crippen LogP contribution in [0.25, 0.3) is 0 Å². The third kappa shape index (κ3) is 2.05. The van der Waals surface area contributed by atoms with Crippen molar-refractivity contribution in [1.82, 2.24) is 15.3 Å². The van der Waals surface area contributed by atoms with Crippen LogP contribution in [-0.4, -0.2) is 40.3 Å². The Bertz CT molecular complexity index is 711. The summed E-state index contributed by atoms with van der Waals surface area (Å²) in [5.74, 6) is -1.27. The van der Waals surface area contributed by atoms with Crippen molar-refractivity contribution in [3.63, 3.8) is 0 Å². The van der Waals surface area contributed by atoms with Gasteiger partial charge in [-0.25, -0.2) is 9.80 Å². The summed E-state index contributed by atoms with van der Waals surface area (Å²) in [6.45, 7) is 3.99. The smallest absolute Gasteiger partial charge is 0.276 e. The molecule has 7 nitrogen and oxygen atoms in total. The first-order valence-corrected chi connectivity index (χ1v) is 7.04. The van der Waals surface area contributed by atoms with E-state index in [2.05, 4.69) is 5.32 Å². The number of fused-ring (bicyclic) bond motifs is 1. The topological polar surface area (TPSA) is 86.8 Å². The Kier molecular flexibility index (Phi) is 3.20. The van der Waals surface area contributed by atoms with E-state index in [0.29, 0.717) is 5.56 Å². The number of carbonyl (C=O) groups excluding carboxylic acids is 4. The Morgan fingerprint density at radius 1 is 1.05 bits per heavy atom. The Hall–Kier alpha value is -2.70. The van der Waals surface area contributed by atoms with Gasteiger partial charge in [-0.05, 0) is 23.6 Å². The Morgan fingerprint density at radius 2 is 1.73 bits per heavy atom. The number of hydrogen-bond donors (Lipinski definition) is 1. The molecule has 0 bridgehead atoms. The van der Waals surface area contributed by atoms with Crippen LogP contribution in [0.1, 0.15) is 52.5 Å². The minimum absolute atomic E-state index is 0.00712. The quantitative estimate of drug-likeness (QED) is 0.833. The van der Waals surface area contributed by atoms with Crippen LogP contribution in [0.5, 0.6) is 0 Å². The summed E-state index contributed by atoms with van der Waals surface area (Å²) in [7, 11) is 0. The molecule has 0 aliphatic carbocycles. The highest BCUT2D eigenvalue weighted by Gasteiger charge is 2.43. The first kappa shape index (κ1) is 14.2. The van der Waals surface area contributed by atoms with E-state index < -0.39 is 23.8 Å².